The highest BCUT2D eigenvalue weighted by Gasteiger charge is 2.35. The van der Waals surface area contributed by atoms with E-state index in [0.717, 1.165) is 37.8 Å². The van der Waals surface area contributed by atoms with Gasteiger partial charge in [0.15, 0.2) is 0 Å². The summed E-state index contributed by atoms with van der Waals surface area (Å²) in [6, 6.07) is 0.409. The van der Waals surface area contributed by atoms with Crippen LogP contribution < -0.4 is 10.6 Å². The van der Waals surface area contributed by atoms with Gasteiger partial charge in [-0.15, -0.1) is 0 Å². The quantitative estimate of drug-likeness (QED) is 0.766. The summed E-state index contributed by atoms with van der Waals surface area (Å²) in [5.41, 5.74) is 0. The summed E-state index contributed by atoms with van der Waals surface area (Å²) in [4.78, 5) is 12.1. The highest BCUT2D eigenvalue weighted by molar-refractivity contribution is 5.79. The lowest BCUT2D eigenvalue weighted by atomic mass is 9.67. The van der Waals surface area contributed by atoms with Gasteiger partial charge in [-0.1, -0.05) is 25.7 Å². The van der Waals surface area contributed by atoms with E-state index in [-0.39, 0.29) is 0 Å². The number of rotatable bonds is 2. The van der Waals surface area contributed by atoms with Crippen molar-refractivity contribution in [3.05, 3.63) is 0 Å². The molecular weight excluding hydrogens is 212 g/mol. The number of carbonyl (C=O) groups is 1. The Morgan fingerprint density at radius 2 is 1.76 bits per heavy atom. The van der Waals surface area contributed by atoms with Crippen molar-refractivity contribution in [1.82, 2.24) is 10.6 Å². The van der Waals surface area contributed by atoms with Gasteiger partial charge < -0.3 is 10.6 Å². The van der Waals surface area contributed by atoms with Crippen molar-refractivity contribution in [1.29, 1.82) is 0 Å². The second-order valence-electron chi connectivity index (χ2n) is 6.18. The molecule has 3 heteroatoms. The first-order valence-electron chi connectivity index (χ1n) is 7.34. The van der Waals surface area contributed by atoms with Gasteiger partial charge in [0.25, 0.3) is 0 Å². The van der Waals surface area contributed by atoms with E-state index in [9.17, 15) is 4.79 Å². The maximum atomic E-state index is 12.1. The first-order chi connectivity index (χ1) is 8.33. The van der Waals surface area contributed by atoms with Crippen molar-refractivity contribution in [3.8, 4) is 0 Å². The Morgan fingerprint density at radius 3 is 2.47 bits per heavy atom. The monoisotopic (exact) mass is 236 g/mol. The van der Waals surface area contributed by atoms with Crippen molar-refractivity contribution < 1.29 is 4.79 Å². The minimum Gasteiger partial charge on any atom is -0.351 e. The molecule has 17 heavy (non-hydrogen) atoms. The third-order valence-electron chi connectivity index (χ3n) is 5.04. The average molecular weight is 236 g/mol. The van der Waals surface area contributed by atoms with Gasteiger partial charge in [0.1, 0.15) is 0 Å². The zero-order valence-electron chi connectivity index (χ0n) is 10.6. The van der Waals surface area contributed by atoms with Crippen LogP contribution in [0.25, 0.3) is 0 Å². The van der Waals surface area contributed by atoms with Gasteiger partial charge >= 0.3 is 0 Å². The van der Waals surface area contributed by atoms with Gasteiger partial charge in [-0.3, -0.25) is 4.79 Å². The zero-order chi connectivity index (χ0) is 11.7. The lowest BCUT2D eigenvalue weighted by molar-refractivity contribution is -0.128. The minimum atomic E-state index is 0.315. The van der Waals surface area contributed by atoms with E-state index in [0.29, 0.717) is 17.9 Å². The fraction of sp³-hybridized carbons (Fsp3) is 0.929. The Kier molecular flexibility index (Phi) is 3.37. The molecule has 3 atom stereocenters. The van der Waals surface area contributed by atoms with E-state index in [4.69, 9.17) is 0 Å². The molecule has 3 unspecified atom stereocenters. The Morgan fingerprint density at radius 1 is 1.00 bits per heavy atom. The summed E-state index contributed by atoms with van der Waals surface area (Å²) in [6.45, 7) is 1.93. The molecule has 3 nitrogen and oxygen atoms in total. The highest BCUT2D eigenvalue weighted by Crippen LogP contribution is 2.42. The van der Waals surface area contributed by atoms with Crippen LogP contribution in [-0.2, 0) is 4.79 Å². The molecule has 3 rings (SSSR count). The Labute approximate surface area is 104 Å². The van der Waals surface area contributed by atoms with Crippen LogP contribution in [0.15, 0.2) is 0 Å². The third-order valence-corrected chi connectivity index (χ3v) is 5.04. The Hall–Kier alpha value is -0.570. The summed E-state index contributed by atoms with van der Waals surface area (Å²) in [5, 5.41) is 6.38. The number of amides is 1. The molecule has 2 N–H and O–H groups in total. The van der Waals surface area contributed by atoms with Gasteiger partial charge in [-0.2, -0.15) is 0 Å². The summed E-state index contributed by atoms with van der Waals surface area (Å²) >= 11 is 0. The summed E-state index contributed by atoms with van der Waals surface area (Å²) in [6.07, 6.45) is 9.20. The van der Waals surface area contributed by atoms with Crippen molar-refractivity contribution in [2.75, 3.05) is 13.1 Å². The molecule has 3 aliphatic rings. The average Bonchev–Trinajstić information content (AvgIpc) is 2.33. The highest BCUT2D eigenvalue weighted by atomic mass is 16.2. The normalized spacial score (nSPS) is 38.0. The zero-order valence-corrected chi connectivity index (χ0v) is 10.6. The first kappa shape index (κ1) is 11.5. The Balaban J connectivity index is 1.52. The fourth-order valence-corrected chi connectivity index (χ4v) is 3.82. The minimum absolute atomic E-state index is 0.315. The third kappa shape index (κ3) is 2.49. The summed E-state index contributed by atoms with van der Waals surface area (Å²) in [7, 11) is 0. The molecule has 1 aliphatic heterocycles. The molecule has 96 valence electrons. The molecule has 1 saturated heterocycles. The molecule has 0 aromatic heterocycles. The fourth-order valence-electron chi connectivity index (χ4n) is 3.82. The largest absolute Gasteiger partial charge is 0.351 e. The topological polar surface area (TPSA) is 41.1 Å². The standard InChI is InChI=1S/C14H24N2O/c17-14(16-13-8-15-9-13)12-6-5-10-3-1-2-4-11(10)7-12/h10-13,15H,1-9H2,(H,16,17). The summed E-state index contributed by atoms with van der Waals surface area (Å²) in [5.74, 6) is 2.45. The lowest BCUT2D eigenvalue weighted by Gasteiger charge is -2.39. The number of fused-ring (bicyclic) bond motifs is 1. The predicted molar refractivity (Wildman–Crippen MR) is 67.6 cm³/mol. The predicted octanol–water partition coefficient (Wildman–Crippen LogP) is 1.68. The van der Waals surface area contributed by atoms with E-state index in [2.05, 4.69) is 10.6 Å². The lowest BCUT2D eigenvalue weighted by Crippen LogP contribution is -2.58. The van der Waals surface area contributed by atoms with Crippen LogP contribution in [0.2, 0.25) is 0 Å². The van der Waals surface area contributed by atoms with Crippen LogP contribution in [0.5, 0.6) is 0 Å². The van der Waals surface area contributed by atoms with Crippen LogP contribution in [-0.4, -0.2) is 25.0 Å². The van der Waals surface area contributed by atoms with Crippen molar-refractivity contribution in [2.24, 2.45) is 17.8 Å². The van der Waals surface area contributed by atoms with E-state index in [1.165, 1.54) is 32.1 Å². The van der Waals surface area contributed by atoms with E-state index in [1.54, 1.807) is 0 Å². The van der Waals surface area contributed by atoms with E-state index in [1.807, 2.05) is 0 Å². The van der Waals surface area contributed by atoms with Crippen molar-refractivity contribution in [2.45, 2.75) is 51.0 Å². The molecule has 2 saturated carbocycles. The molecule has 1 amide bonds. The molecule has 0 spiro atoms. The molecule has 3 fully saturated rings. The van der Waals surface area contributed by atoms with E-state index >= 15 is 0 Å². The van der Waals surface area contributed by atoms with Gasteiger partial charge in [0, 0.05) is 19.0 Å². The molecule has 2 aliphatic carbocycles. The molecule has 1 heterocycles. The SMILES string of the molecule is O=C(NC1CNC1)C1CCC2CCCCC2C1. The van der Waals surface area contributed by atoms with Crippen LogP contribution in [0.3, 0.4) is 0 Å². The number of carbonyl (C=O) groups excluding carboxylic acids is 1. The second-order valence-corrected chi connectivity index (χ2v) is 6.18. The molecule has 0 bridgehead atoms. The van der Waals surface area contributed by atoms with Gasteiger partial charge in [-0.05, 0) is 31.1 Å². The van der Waals surface area contributed by atoms with Crippen molar-refractivity contribution >= 4 is 5.91 Å². The maximum absolute atomic E-state index is 12.1. The molecule has 0 radical (unpaired) electrons. The van der Waals surface area contributed by atoms with Gasteiger partial charge in [0.2, 0.25) is 5.91 Å². The number of hydrogen-bond donors (Lipinski definition) is 2. The summed E-state index contributed by atoms with van der Waals surface area (Å²) < 4.78 is 0. The van der Waals surface area contributed by atoms with Crippen molar-refractivity contribution in [3.63, 3.8) is 0 Å². The van der Waals surface area contributed by atoms with E-state index < -0.39 is 0 Å². The first-order valence-corrected chi connectivity index (χ1v) is 7.34. The maximum Gasteiger partial charge on any atom is 0.223 e. The Bertz CT molecular complexity index is 288. The number of nitrogens with one attached hydrogen (secondary N) is 2. The number of hydrogen-bond acceptors (Lipinski definition) is 2. The van der Waals surface area contributed by atoms with Crippen LogP contribution in [0.1, 0.15) is 44.9 Å². The van der Waals surface area contributed by atoms with Gasteiger partial charge in [0.05, 0.1) is 6.04 Å². The van der Waals surface area contributed by atoms with Crippen LogP contribution >= 0.6 is 0 Å². The molecule has 0 aromatic carbocycles. The second kappa shape index (κ2) is 4.97. The molecule has 0 aromatic rings. The van der Waals surface area contributed by atoms with Gasteiger partial charge in [-0.25, -0.2) is 0 Å². The van der Waals surface area contributed by atoms with Crippen LogP contribution in [0.4, 0.5) is 0 Å². The molecular formula is C14H24N2O. The smallest absolute Gasteiger partial charge is 0.223 e. The van der Waals surface area contributed by atoms with Crippen LogP contribution in [0, 0.1) is 17.8 Å².